The van der Waals surface area contributed by atoms with Crippen molar-refractivity contribution in [2.75, 3.05) is 18.6 Å². The lowest BCUT2D eigenvalue weighted by Crippen LogP contribution is -2.43. The molecule has 6 nitrogen and oxygen atoms in total. The third-order valence-corrected chi connectivity index (χ3v) is 3.64. The molecule has 0 aromatic carbocycles. The van der Waals surface area contributed by atoms with E-state index in [1.54, 1.807) is 18.3 Å². The highest BCUT2D eigenvalue weighted by Crippen LogP contribution is 2.17. The first-order valence-electron chi connectivity index (χ1n) is 6.64. The van der Waals surface area contributed by atoms with Crippen LogP contribution < -0.4 is 11.1 Å². The van der Waals surface area contributed by atoms with Crippen molar-refractivity contribution in [1.29, 1.82) is 0 Å². The highest BCUT2D eigenvalue weighted by molar-refractivity contribution is 8.00. The van der Waals surface area contributed by atoms with Gasteiger partial charge in [-0.3, -0.25) is 4.79 Å². The van der Waals surface area contributed by atoms with Gasteiger partial charge in [0.15, 0.2) is 0 Å². The molecule has 21 heavy (non-hydrogen) atoms. The molecule has 1 aromatic heterocycles. The first kappa shape index (κ1) is 17.3. The van der Waals surface area contributed by atoms with Gasteiger partial charge in [0, 0.05) is 11.1 Å². The lowest BCUT2D eigenvalue weighted by atomic mass is 10.0. The molecule has 0 aliphatic rings. The van der Waals surface area contributed by atoms with Crippen molar-refractivity contribution in [3.05, 3.63) is 18.3 Å². The van der Waals surface area contributed by atoms with Crippen molar-refractivity contribution < 1.29 is 14.3 Å². The number of aromatic nitrogens is 1. The number of hydrogen-bond acceptors (Lipinski definition) is 6. The number of carbonyl (C=O) groups excluding carboxylic acids is 2. The Balaban J connectivity index is 2.49. The Morgan fingerprint density at radius 3 is 2.67 bits per heavy atom. The van der Waals surface area contributed by atoms with Gasteiger partial charge in [0.05, 0.1) is 12.9 Å². The van der Waals surface area contributed by atoms with Crippen LogP contribution in [0.15, 0.2) is 23.2 Å². The number of pyridine rings is 1. The molecular formula is C14H21N3O3S. The molecule has 7 heteroatoms. The van der Waals surface area contributed by atoms with E-state index in [1.807, 2.05) is 13.8 Å². The van der Waals surface area contributed by atoms with Crippen LogP contribution in [0.2, 0.25) is 0 Å². The van der Waals surface area contributed by atoms with E-state index in [-0.39, 0.29) is 17.6 Å². The molecule has 1 atom stereocenters. The highest BCUT2D eigenvalue weighted by Gasteiger charge is 2.22. The number of hydrogen-bond donors (Lipinski definition) is 2. The number of methoxy groups -OCH3 is 1. The number of nitrogens with one attached hydrogen (secondary N) is 1. The van der Waals surface area contributed by atoms with E-state index in [4.69, 9.17) is 10.5 Å². The Morgan fingerprint density at radius 1 is 1.43 bits per heavy atom. The van der Waals surface area contributed by atoms with E-state index < -0.39 is 12.0 Å². The van der Waals surface area contributed by atoms with E-state index in [2.05, 4.69) is 10.3 Å². The summed E-state index contributed by atoms with van der Waals surface area (Å²) in [7, 11) is 1.32. The molecule has 1 aromatic rings. The van der Waals surface area contributed by atoms with Gasteiger partial charge in [0.25, 0.3) is 0 Å². The normalized spacial score (nSPS) is 12.0. The second kappa shape index (κ2) is 8.51. The van der Waals surface area contributed by atoms with Gasteiger partial charge in [0.1, 0.15) is 11.9 Å². The van der Waals surface area contributed by atoms with Crippen molar-refractivity contribution >= 4 is 29.5 Å². The van der Waals surface area contributed by atoms with E-state index in [0.29, 0.717) is 12.2 Å². The minimum Gasteiger partial charge on any atom is -0.467 e. The number of nitrogen functional groups attached to an aromatic ring is 1. The summed E-state index contributed by atoms with van der Waals surface area (Å²) in [4.78, 5) is 28.3. The summed E-state index contributed by atoms with van der Waals surface area (Å²) in [5.74, 6) is 0.288. The van der Waals surface area contributed by atoms with Crippen LogP contribution in [0.4, 0.5) is 5.82 Å². The van der Waals surface area contributed by atoms with Gasteiger partial charge in [-0.1, -0.05) is 13.8 Å². The largest absolute Gasteiger partial charge is 0.467 e. The van der Waals surface area contributed by atoms with Crippen LogP contribution in [0.5, 0.6) is 0 Å². The predicted molar refractivity (Wildman–Crippen MR) is 82.8 cm³/mol. The minimum atomic E-state index is -0.604. The van der Waals surface area contributed by atoms with Crippen molar-refractivity contribution in [1.82, 2.24) is 10.3 Å². The number of carbonyl (C=O) groups is 2. The molecule has 0 radical (unpaired) electrons. The quantitative estimate of drug-likeness (QED) is 0.585. The van der Waals surface area contributed by atoms with Gasteiger partial charge in [-0.2, -0.15) is 0 Å². The number of thioether (sulfide) groups is 1. The van der Waals surface area contributed by atoms with Crippen LogP contribution in [0.3, 0.4) is 0 Å². The SMILES string of the molecule is COC(=O)C(CC(C)C)NC(=O)CSc1ccc(N)nc1. The second-order valence-electron chi connectivity index (χ2n) is 4.98. The molecule has 1 rings (SSSR count). The number of ether oxygens (including phenoxy) is 1. The topological polar surface area (TPSA) is 94.3 Å². The summed E-state index contributed by atoms with van der Waals surface area (Å²) in [5, 5.41) is 2.70. The molecule has 0 saturated heterocycles. The minimum absolute atomic E-state index is 0.206. The summed E-state index contributed by atoms with van der Waals surface area (Å²) >= 11 is 1.34. The summed E-state index contributed by atoms with van der Waals surface area (Å²) < 4.78 is 4.71. The molecule has 116 valence electrons. The van der Waals surface area contributed by atoms with Crippen LogP contribution in [-0.4, -0.2) is 35.8 Å². The highest BCUT2D eigenvalue weighted by atomic mass is 32.2. The fraction of sp³-hybridized carbons (Fsp3) is 0.500. The first-order chi connectivity index (χ1) is 9.92. The lowest BCUT2D eigenvalue weighted by Gasteiger charge is -2.18. The Morgan fingerprint density at radius 2 is 2.14 bits per heavy atom. The van der Waals surface area contributed by atoms with Gasteiger partial charge in [-0.25, -0.2) is 9.78 Å². The first-order valence-corrected chi connectivity index (χ1v) is 7.62. The monoisotopic (exact) mass is 311 g/mol. The number of anilines is 1. The maximum absolute atomic E-state index is 11.9. The van der Waals surface area contributed by atoms with Crippen LogP contribution in [0.25, 0.3) is 0 Å². The standard InChI is InChI=1S/C14H21N3O3S/c1-9(2)6-11(14(19)20-3)17-13(18)8-21-10-4-5-12(15)16-7-10/h4-5,7,9,11H,6,8H2,1-3H3,(H2,15,16)(H,17,18). The lowest BCUT2D eigenvalue weighted by molar-refractivity contribution is -0.145. The molecule has 0 aliphatic heterocycles. The summed E-state index contributed by atoms with van der Waals surface area (Å²) in [6.07, 6.45) is 2.16. The zero-order chi connectivity index (χ0) is 15.8. The smallest absolute Gasteiger partial charge is 0.328 e. The Labute approximate surface area is 128 Å². The van der Waals surface area contributed by atoms with Crippen LogP contribution in [0, 0.1) is 5.92 Å². The molecule has 0 bridgehead atoms. The Bertz CT molecular complexity index is 477. The maximum Gasteiger partial charge on any atom is 0.328 e. The molecule has 1 unspecified atom stereocenters. The van der Waals surface area contributed by atoms with Gasteiger partial charge < -0.3 is 15.8 Å². The average molecular weight is 311 g/mol. The van der Waals surface area contributed by atoms with E-state index in [1.165, 1.54) is 18.9 Å². The summed E-state index contributed by atoms with van der Waals surface area (Å²) in [6.45, 7) is 3.97. The maximum atomic E-state index is 11.9. The summed E-state index contributed by atoms with van der Waals surface area (Å²) in [6, 6.07) is 2.87. The van der Waals surface area contributed by atoms with Crippen molar-refractivity contribution in [3.8, 4) is 0 Å². The fourth-order valence-electron chi connectivity index (χ4n) is 1.69. The molecule has 0 saturated carbocycles. The van der Waals surface area contributed by atoms with Crippen LogP contribution in [-0.2, 0) is 14.3 Å². The van der Waals surface area contributed by atoms with Gasteiger partial charge in [0.2, 0.25) is 5.91 Å². The Kier molecular flexibility index (Phi) is 7.01. The molecule has 1 amide bonds. The number of esters is 1. The van der Waals surface area contributed by atoms with E-state index in [0.717, 1.165) is 4.90 Å². The second-order valence-corrected chi connectivity index (χ2v) is 6.03. The molecule has 0 fully saturated rings. The zero-order valence-corrected chi connectivity index (χ0v) is 13.3. The third-order valence-electron chi connectivity index (χ3n) is 2.66. The number of nitrogens with two attached hydrogens (primary N) is 1. The van der Waals surface area contributed by atoms with Crippen molar-refractivity contribution in [3.63, 3.8) is 0 Å². The van der Waals surface area contributed by atoms with Gasteiger partial charge in [-0.15, -0.1) is 11.8 Å². The van der Waals surface area contributed by atoms with E-state index >= 15 is 0 Å². The third kappa shape index (κ3) is 6.48. The van der Waals surface area contributed by atoms with Crippen LogP contribution in [0.1, 0.15) is 20.3 Å². The molecule has 0 spiro atoms. The zero-order valence-electron chi connectivity index (χ0n) is 12.5. The molecule has 1 heterocycles. The molecule has 0 aliphatic carbocycles. The average Bonchev–Trinajstić information content (AvgIpc) is 2.44. The van der Waals surface area contributed by atoms with Gasteiger partial charge >= 0.3 is 5.97 Å². The number of nitrogens with zero attached hydrogens (tertiary/aromatic N) is 1. The van der Waals surface area contributed by atoms with Crippen molar-refractivity contribution in [2.45, 2.75) is 31.2 Å². The van der Waals surface area contributed by atoms with E-state index in [9.17, 15) is 9.59 Å². The number of rotatable bonds is 7. The van der Waals surface area contributed by atoms with Crippen LogP contribution >= 0.6 is 11.8 Å². The number of amides is 1. The fourth-order valence-corrected chi connectivity index (χ4v) is 2.36. The predicted octanol–water partition coefficient (Wildman–Crippen LogP) is 1.46. The van der Waals surface area contributed by atoms with Gasteiger partial charge in [-0.05, 0) is 24.5 Å². The Hall–Kier alpha value is -1.76. The molecule has 3 N–H and O–H groups in total. The summed E-state index contributed by atoms with van der Waals surface area (Å²) in [5.41, 5.74) is 5.49. The van der Waals surface area contributed by atoms with Crippen molar-refractivity contribution in [2.24, 2.45) is 5.92 Å². The molecular weight excluding hydrogens is 290 g/mol.